The number of nitrogens with zero attached hydrogens (tertiary/aromatic N) is 2. The van der Waals surface area contributed by atoms with Gasteiger partial charge in [-0.15, -0.1) is 0 Å². The number of rotatable bonds is 4. The molecule has 0 aliphatic rings. The number of anilines is 3. The standard InChI is InChI=1S/C12H12ClFN4/c1-2-15-11-6-12(17-7-16-11)18-8-3-4-9(13)10(14)5-8/h3-7H,2H2,1H3,(H2,15,16,17,18). The molecule has 0 saturated heterocycles. The third kappa shape index (κ3) is 3.07. The lowest BCUT2D eigenvalue weighted by atomic mass is 10.3. The van der Waals surface area contributed by atoms with Gasteiger partial charge < -0.3 is 10.6 Å². The molecule has 0 atom stereocenters. The van der Waals surface area contributed by atoms with Crippen LogP contribution in [0, 0.1) is 5.82 Å². The van der Waals surface area contributed by atoms with Crippen LogP contribution in [0.15, 0.2) is 30.6 Å². The lowest BCUT2D eigenvalue weighted by molar-refractivity contribution is 0.629. The van der Waals surface area contributed by atoms with E-state index in [-0.39, 0.29) is 5.02 Å². The molecule has 2 rings (SSSR count). The zero-order valence-corrected chi connectivity index (χ0v) is 10.5. The van der Waals surface area contributed by atoms with E-state index < -0.39 is 5.82 Å². The smallest absolute Gasteiger partial charge is 0.143 e. The van der Waals surface area contributed by atoms with Gasteiger partial charge in [0.05, 0.1) is 5.02 Å². The van der Waals surface area contributed by atoms with Gasteiger partial charge >= 0.3 is 0 Å². The fourth-order valence-electron chi connectivity index (χ4n) is 1.43. The molecule has 0 bridgehead atoms. The second kappa shape index (κ2) is 5.64. The van der Waals surface area contributed by atoms with Crippen LogP contribution < -0.4 is 10.6 Å². The highest BCUT2D eigenvalue weighted by molar-refractivity contribution is 6.30. The fraction of sp³-hybridized carbons (Fsp3) is 0.167. The maximum atomic E-state index is 13.3. The van der Waals surface area contributed by atoms with Gasteiger partial charge in [-0.05, 0) is 25.1 Å². The SMILES string of the molecule is CCNc1cc(Nc2ccc(Cl)c(F)c2)ncn1. The Kier molecular flexibility index (Phi) is 3.94. The second-order valence-electron chi connectivity index (χ2n) is 3.57. The number of nitrogens with one attached hydrogen (secondary N) is 2. The van der Waals surface area contributed by atoms with Crippen LogP contribution in [-0.2, 0) is 0 Å². The molecule has 1 aromatic carbocycles. The molecule has 1 aromatic heterocycles. The number of hydrogen-bond donors (Lipinski definition) is 2. The molecule has 2 N–H and O–H groups in total. The first-order valence-electron chi connectivity index (χ1n) is 5.47. The van der Waals surface area contributed by atoms with Crippen molar-refractivity contribution in [1.29, 1.82) is 0 Å². The summed E-state index contributed by atoms with van der Waals surface area (Å²) in [5.74, 6) is 0.828. The molecule has 0 saturated carbocycles. The van der Waals surface area contributed by atoms with E-state index >= 15 is 0 Å². The molecule has 4 nitrogen and oxygen atoms in total. The second-order valence-corrected chi connectivity index (χ2v) is 3.98. The van der Waals surface area contributed by atoms with Crippen molar-refractivity contribution >= 4 is 28.9 Å². The first-order valence-corrected chi connectivity index (χ1v) is 5.85. The van der Waals surface area contributed by atoms with Gasteiger partial charge in [0.25, 0.3) is 0 Å². The highest BCUT2D eigenvalue weighted by atomic mass is 35.5. The number of aromatic nitrogens is 2. The quantitative estimate of drug-likeness (QED) is 0.890. The summed E-state index contributed by atoms with van der Waals surface area (Å²) in [5, 5.41) is 6.14. The van der Waals surface area contributed by atoms with Crippen LogP contribution in [-0.4, -0.2) is 16.5 Å². The molecule has 0 unspecified atom stereocenters. The minimum Gasteiger partial charge on any atom is -0.370 e. The van der Waals surface area contributed by atoms with Crippen molar-refractivity contribution in [3.63, 3.8) is 0 Å². The van der Waals surface area contributed by atoms with E-state index in [0.717, 1.165) is 6.54 Å². The van der Waals surface area contributed by atoms with Crippen LogP contribution >= 0.6 is 11.6 Å². The van der Waals surface area contributed by atoms with Crippen molar-refractivity contribution in [3.8, 4) is 0 Å². The summed E-state index contributed by atoms with van der Waals surface area (Å²) >= 11 is 5.61. The maximum Gasteiger partial charge on any atom is 0.143 e. The van der Waals surface area contributed by atoms with Crippen LogP contribution in [0.2, 0.25) is 5.02 Å². The summed E-state index contributed by atoms with van der Waals surface area (Å²) in [6.45, 7) is 2.75. The van der Waals surface area contributed by atoms with E-state index in [0.29, 0.717) is 17.3 Å². The predicted molar refractivity (Wildman–Crippen MR) is 70.9 cm³/mol. The zero-order chi connectivity index (χ0) is 13.0. The minimum absolute atomic E-state index is 0.0941. The Labute approximate surface area is 109 Å². The van der Waals surface area contributed by atoms with Gasteiger partial charge in [-0.1, -0.05) is 11.6 Å². The van der Waals surface area contributed by atoms with Gasteiger partial charge in [0.2, 0.25) is 0 Å². The normalized spacial score (nSPS) is 10.2. The molecule has 18 heavy (non-hydrogen) atoms. The molecule has 94 valence electrons. The Hall–Kier alpha value is -1.88. The average Bonchev–Trinajstić information content (AvgIpc) is 2.35. The Morgan fingerprint density at radius 3 is 2.72 bits per heavy atom. The molecule has 2 aromatic rings. The monoisotopic (exact) mass is 266 g/mol. The summed E-state index contributed by atoms with van der Waals surface area (Å²) in [5.41, 5.74) is 0.582. The summed E-state index contributed by atoms with van der Waals surface area (Å²) in [6, 6.07) is 6.24. The maximum absolute atomic E-state index is 13.3. The van der Waals surface area contributed by atoms with E-state index in [1.807, 2.05) is 6.92 Å². The average molecular weight is 267 g/mol. The number of halogens is 2. The molecule has 6 heteroatoms. The lowest BCUT2D eigenvalue weighted by Gasteiger charge is -2.07. The summed E-state index contributed by atoms with van der Waals surface area (Å²) in [6.07, 6.45) is 1.44. The molecular weight excluding hydrogens is 255 g/mol. The van der Waals surface area contributed by atoms with Gasteiger partial charge in [0.15, 0.2) is 0 Å². The molecule has 0 amide bonds. The highest BCUT2D eigenvalue weighted by Gasteiger charge is 2.03. The molecule has 0 aliphatic heterocycles. The van der Waals surface area contributed by atoms with E-state index in [1.165, 1.54) is 18.5 Å². The van der Waals surface area contributed by atoms with Crippen molar-refractivity contribution in [1.82, 2.24) is 9.97 Å². The lowest BCUT2D eigenvalue weighted by Crippen LogP contribution is -2.01. The largest absolute Gasteiger partial charge is 0.370 e. The van der Waals surface area contributed by atoms with E-state index in [9.17, 15) is 4.39 Å². The first kappa shape index (κ1) is 12.6. The van der Waals surface area contributed by atoms with Crippen molar-refractivity contribution in [2.24, 2.45) is 0 Å². The molecule has 0 radical (unpaired) electrons. The molecule has 0 aliphatic carbocycles. The van der Waals surface area contributed by atoms with Crippen LogP contribution in [0.25, 0.3) is 0 Å². The van der Waals surface area contributed by atoms with Crippen LogP contribution in [0.3, 0.4) is 0 Å². The minimum atomic E-state index is -0.470. The summed E-state index contributed by atoms with van der Waals surface area (Å²) in [4.78, 5) is 8.10. The zero-order valence-electron chi connectivity index (χ0n) is 9.74. The van der Waals surface area contributed by atoms with E-state index in [1.54, 1.807) is 12.1 Å². The van der Waals surface area contributed by atoms with Gasteiger partial charge in [0, 0.05) is 18.3 Å². The van der Waals surface area contributed by atoms with Crippen LogP contribution in [0.1, 0.15) is 6.92 Å². The number of benzene rings is 1. The Morgan fingerprint density at radius 2 is 2.00 bits per heavy atom. The molecule has 0 spiro atoms. The van der Waals surface area contributed by atoms with Gasteiger partial charge in [-0.25, -0.2) is 14.4 Å². The van der Waals surface area contributed by atoms with E-state index in [4.69, 9.17) is 11.6 Å². The Morgan fingerprint density at radius 1 is 1.22 bits per heavy atom. The van der Waals surface area contributed by atoms with Crippen molar-refractivity contribution < 1.29 is 4.39 Å². The van der Waals surface area contributed by atoms with Gasteiger partial charge in [-0.3, -0.25) is 0 Å². The third-order valence-electron chi connectivity index (χ3n) is 2.22. The molecule has 0 fully saturated rings. The highest BCUT2D eigenvalue weighted by Crippen LogP contribution is 2.21. The number of hydrogen-bond acceptors (Lipinski definition) is 4. The predicted octanol–water partition coefficient (Wildman–Crippen LogP) is 3.44. The van der Waals surface area contributed by atoms with Crippen molar-refractivity contribution in [2.45, 2.75) is 6.92 Å². The third-order valence-corrected chi connectivity index (χ3v) is 2.52. The summed E-state index contributed by atoms with van der Waals surface area (Å²) < 4.78 is 13.3. The van der Waals surface area contributed by atoms with Crippen molar-refractivity contribution in [2.75, 3.05) is 17.2 Å². The first-order chi connectivity index (χ1) is 8.69. The van der Waals surface area contributed by atoms with Gasteiger partial charge in [-0.2, -0.15) is 0 Å². The van der Waals surface area contributed by atoms with Crippen LogP contribution in [0.5, 0.6) is 0 Å². The topological polar surface area (TPSA) is 49.8 Å². The van der Waals surface area contributed by atoms with Crippen molar-refractivity contribution in [3.05, 3.63) is 41.4 Å². The van der Waals surface area contributed by atoms with Crippen LogP contribution in [0.4, 0.5) is 21.7 Å². The molecule has 1 heterocycles. The summed E-state index contributed by atoms with van der Waals surface area (Å²) in [7, 11) is 0. The fourth-order valence-corrected chi connectivity index (χ4v) is 1.54. The Bertz CT molecular complexity index is 547. The van der Waals surface area contributed by atoms with E-state index in [2.05, 4.69) is 20.6 Å². The van der Waals surface area contributed by atoms with Gasteiger partial charge in [0.1, 0.15) is 23.8 Å². The Balaban J connectivity index is 2.17. The molecular formula is C12H12ClFN4.